The number of carboxylic acids is 1. The maximum atomic E-state index is 13.1. The van der Waals surface area contributed by atoms with Crippen LogP contribution in [0.15, 0.2) is 48.5 Å². The minimum absolute atomic E-state index is 0.00319. The first-order chi connectivity index (χ1) is 16.8. The maximum absolute atomic E-state index is 13.1. The second-order valence-electron chi connectivity index (χ2n) is 10.7. The topological polar surface area (TPSA) is 95.9 Å². The van der Waals surface area contributed by atoms with Crippen molar-refractivity contribution in [2.24, 2.45) is 11.3 Å². The number of likely N-dealkylation sites (tertiary alicyclic amines) is 1. The number of aliphatic carboxylic acids is 1. The summed E-state index contributed by atoms with van der Waals surface area (Å²) >= 11 is 0. The highest BCUT2D eigenvalue weighted by Crippen LogP contribution is 2.44. The van der Waals surface area contributed by atoms with Gasteiger partial charge in [-0.3, -0.25) is 4.79 Å². The van der Waals surface area contributed by atoms with Crippen LogP contribution >= 0.6 is 0 Å². The number of nitrogens with one attached hydrogen (secondary N) is 1. The van der Waals surface area contributed by atoms with Crippen molar-refractivity contribution in [3.63, 3.8) is 0 Å². The molecule has 3 atom stereocenters. The number of ether oxygens (including phenoxy) is 1. The number of carbonyl (C=O) groups excluding carboxylic acids is 2. The van der Waals surface area contributed by atoms with E-state index in [2.05, 4.69) is 29.6 Å². The Balaban J connectivity index is 1.18. The fraction of sp³-hybridized carbons (Fsp3) is 0.464. The van der Waals surface area contributed by atoms with Gasteiger partial charge in [-0.2, -0.15) is 0 Å². The van der Waals surface area contributed by atoms with E-state index in [0.717, 1.165) is 24.0 Å². The van der Waals surface area contributed by atoms with Crippen molar-refractivity contribution in [3.05, 3.63) is 59.7 Å². The van der Waals surface area contributed by atoms with Gasteiger partial charge in [0.05, 0.1) is 0 Å². The van der Waals surface area contributed by atoms with Gasteiger partial charge in [-0.05, 0) is 41.5 Å². The summed E-state index contributed by atoms with van der Waals surface area (Å²) in [6, 6.07) is 15.5. The van der Waals surface area contributed by atoms with Crippen LogP contribution in [0.1, 0.15) is 56.6 Å². The summed E-state index contributed by atoms with van der Waals surface area (Å²) in [6.45, 7) is 4.44. The van der Waals surface area contributed by atoms with Crippen molar-refractivity contribution in [1.82, 2.24) is 10.2 Å². The summed E-state index contributed by atoms with van der Waals surface area (Å²) in [5.74, 6) is -1.35. The highest BCUT2D eigenvalue weighted by molar-refractivity contribution is 5.88. The van der Waals surface area contributed by atoms with Gasteiger partial charge in [0.2, 0.25) is 5.91 Å². The van der Waals surface area contributed by atoms with Crippen LogP contribution in [0.5, 0.6) is 0 Å². The molecule has 2 aliphatic carbocycles. The Bertz CT molecular complexity index is 1110. The zero-order valence-corrected chi connectivity index (χ0v) is 20.2. The molecule has 1 saturated heterocycles. The number of benzene rings is 2. The Morgan fingerprint density at radius 1 is 1.03 bits per heavy atom. The number of nitrogens with zero attached hydrogens (tertiary/aromatic N) is 1. The molecular weight excluding hydrogens is 444 g/mol. The van der Waals surface area contributed by atoms with Crippen molar-refractivity contribution in [2.45, 2.75) is 57.5 Å². The molecule has 0 spiro atoms. The van der Waals surface area contributed by atoms with Crippen LogP contribution in [-0.2, 0) is 14.3 Å². The first kappa shape index (κ1) is 23.4. The Hall–Kier alpha value is -3.35. The quantitative estimate of drug-likeness (QED) is 0.667. The van der Waals surface area contributed by atoms with Gasteiger partial charge in [0.15, 0.2) is 0 Å². The molecule has 2 N–H and O–H groups in total. The monoisotopic (exact) mass is 476 g/mol. The zero-order chi connectivity index (χ0) is 24.7. The van der Waals surface area contributed by atoms with Gasteiger partial charge in [-0.15, -0.1) is 0 Å². The predicted octanol–water partition coefficient (Wildman–Crippen LogP) is 4.41. The van der Waals surface area contributed by atoms with E-state index in [0.29, 0.717) is 19.4 Å². The molecule has 7 heteroatoms. The molecule has 1 aliphatic heterocycles. The first-order valence-electron chi connectivity index (χ1n) is 12.4. The van der Waals surface area contributed by atoms with Crippen molar-refractivity contribution < 1.29 is 24.2 Å². The van der Waals surface area contributed by atoms with Gasteiger partial charge >= 0.3 is 12.1 Å². The summed E-state index contributed by atoms with van der Waals surface area (Å²) in [7, 11) is 0. The Morgan fingerprint density at radius 2 is 1.66 bits per heavy atom. The van der Waals surface area contributed by atoms with Crippen LogP contribution in [0.4, 0.5) is 4.79 Å². The highest BCUT2D eigenvalue weighted by atomic mass is 16.5. The van der Waals surface area contributed by atoms with Crippen LogP contribution in [0.2, 0.25) is 0 Å². The predicted molar refractivity (Wildman–Crippen MR) is 131 cm³/mol. The molecular formula is C28H32N2O5. The third kappa shape index (κ3) is 4.28. The second-order valence-corrected chi connectivity index (χ2v) is 10.7. The van der Waals surface area contributed by atoms with Gasteiger partial charge in [0.25, 0.3) is 0 Å². The number of rotatable bonds is 5. The average molecular weight is 477 g/mol. The Morgan fingerprint density at radius 3 is 2.26 bits per heavy atom. The normalized spacial score (nSPS) is 24.6. The third-order valence-electron chi connectivity index (χ3n) is 7.84. The number of carboxylic acid groups (broad SMARTS) is 1. The number of amides is 2. The molecule has 0 radical (unpaired) electrons. The molecule has 1 heterocycles. The molecule has 7 nitrogen and oxygen atoms in total. The Kier molecular flexibility index (Phi) is 6.03. The van der Waals surface area contributed by atoms with Crippen molar-refractivity contribution in [3.8, 4) is 11.1 Å². The number of alkyl carbamates (subject to hydrolysis) is 1. The lowest BCUT2D eigenvalue weighted by atomic mass is 9.73. The van der Waals surface area contributed by atoms with Gasteiger partial charge in [-0.1, -0.05) is 68.8 Å². The van der Waals surface area contributed by atoms with E-state index in [1.54, 1.807) is 0 Å². The minimum Gasteiger partial charge on any atom is -0.480 e. The van der Waals surface area contributed by atoms with Gasteiger partial charge in [0, 0.05) is 29.8 Å². The summed E-state index contributed by atoms with van der Waals surface area (Å²) < 4.78 is 5.67. The SMILES string of the molecule is CC1(C)CN(C(=O)[C@H]2CCC[C@@H](NC(=O)OCC3c4ccccc4-c4ccccc43)C2)C1C(=O)O. The minimum atomic E-state index is -0.960. The van der Waals surface area contributed by atoms with E-state index in [4.69, 9.17) is 4.74 Å². The molecule has 3 aliphatic rings. The van der Waals surface area contributed by atoms with E-state index < -0.39 is 23.5 Å². The van der Waals surface area contributed by atoms with Gasteiger partial charge in [-0.25, -0.2) is 9.59 Å². The molecule has 2 aromatic carbocycles. The summed E-state index contributed by atoms with van der Waals surface area (Å²) in [6.07, 6.45) is 2.33. The van der Waals surface area contributed by atoms with Crippen LogP contribution in [0, 0.1) is 11.3 Å². The summed E-state index contributed by atoms with van der Waals surface area (Å²) in [5.41, 5.74) is 4.26. The van der Waals surface area contributed by atoms with E-state index >= 15 is 0 Å². The van der Waals surface area contributed by atoms with Crippen molar-refractivity contribution in [1.29, 1.82) is 0 Å². The number of fused-ring (bicyclic) bond motifs is 3. The average Bonchev–Trinajstić information content (AvgIpc) is 3.14. The molecule has 35 heavy (non-hydrogen) atoms. The fourth-order valence-corrected chi connectivity index (χ4v) is 6.19. The molecule has 1 saturated carbocycles. The first-order valence-corrected chi connectivity index (χ1v) is 12.4. The molecule has 2 fully saturated rings. The van der Waals surface area contributed by atoms with Crippen molar-refractivity contribution in [2.75, 3.05) is 13.2 Å². The molecule has 5 rings (SSSR count). The van der Waals surface area contributed by atoms with E-state index in [-0.39, 0.29) is 30.4 Å². The second kappa shape index (κ2) is 9.02. The lowest BCUT2D eigenvalue weighted by Crippen LogP contribution is -2.68. The van der Waals surface area contributed by atoms with Crippen LogP contribution in [0.3, 0.4) is 0 Å². The number of hydrogen-bond donors (Lipinski definition) is 2. The largest absolute Gasteiger partial charge is 0.480 e. The van der Waals surface area contributed by atoms with Crippen LogP contribution < -0.4 is 5.32 Å². The number of hydrogen-bond acceptors (Lipinski definition) is 4. The molecule has 2 aromatic rings. The van der Waals surface area contributed by atoms with E-state index in [1.165, 1.54) is 16.0 Å². The summed E-state index contributed by atoms with van der Waals surface area (Å²) in [5, 5.41) is 12.5. The van der Waals surface area contributed by atoms with Crippen molar-refractivity contribution >= 4 is 18.0 Å². The smallest absolute Gasteiger partial charge is 0.407 e. The zero-order valence-electron chi connectivity index (χ0n) is 20.2. The lowest BCUT2D eigenvalue weighted by molar-refractivity contribution is -0.174. The third-order valence-corrected chi connectivity index (χ3v) is 7.84. The molecule has 0 aromatic heterocycles. The van der Waals surface area contributed by atoms with Gasteiger partial charge < -0.3 is 20.1 Å². The molecule has 1 unspecified atom stereocenters. The standard InChI is InChI=1S/C28H32N2O5/c1-28(2)16-30(24(28)26(32)33)25(31)17-8-7-9-18(14-17)29-27(34)35-15-23-21-12-5-3-10-19(21)20-11-4-6-13-22(20)23/h3-6,10-13,17-18,23-24H,7-9,14-16H2,1-2H3,(H,29,34)(H,32,33)/t17-,18+,24?/m0/s1. The highest BCUT2D eigenvalue weighted by Gasteiger charge is 2.53. The fourth-order valence-electron chi connectivity index (χ4n) is 6.19. The van der Waals surface area contributed by atoms with Gasteiger partial charge in [0.1, 0.15) is 12.6 Å². The number of carbonyl (C=O) groups is 3. The molecule has 2 amide bonds. The maximum Gasteiger partial charge on any atom is 0.407 e. The molecule has 0 bridgehead atoms. The van der Waals surface area contributed by atoms with E-state index in [1.807, 2.05) is 38.1 Å². The lowest BCUT2D eigenvalue weighted by Gasteiger charge is -2.53. The Labute approximate surface area is 205 Å². The van der Waals surface area contributed by atoms with Crippen LogP contribution in [-0.4, -0.2) is 53.2 Å². The summed E-state index contributed by atoms with van der Waals surface area (Å²) in [4.78, 5) is 38.9. The van der Waals surface area contributed by atoms with Crippen LogP contribution in [0.25, 0.3) is 11.1 Å². The molecule has 184 valence electrons. The van der Waals surface area contributed by atoms with E-state index in [9.17, 15) is 19.5 Å².